The number of carboxylic acids is 1. The Morgan fingerprint density at radius 1 is 1.26 bits per heavy atom. The van der Waals surface area contributed by atoms with Gasteiger partial charge in [0.2, 0.25) is 0 Å². The van der Waals surface area contributed by atoms with E-state index < -0.39 is 22.8 Å². The van der Waals surface area contributed by atoms with Gasteiger partial charge in [0, 0.05) is 6.20 Å². The van der Waals surface area contributed by atoms with Crippen LogP contribution in [0.3, 0.4) is 0 Å². The van der Waals surface area contributed by atoms with E-state index in [-0.39, 0.29) is 17.6 Å². The third-order valence-corrected chi connectivity index (χ3v) is 3.19. The number of nitrogens with zero attached hydrogens (tertiary/aromatic N) is 3. The Labute approximate surface area is 129 Å². The Hall–Kier alpha value is -3.42. The minimum Gasteiger partial charge on any atom is -0.506 e. The quantitative estimate of drug-likeness (QED) is 0.733. The molecule has 2 heterocycles. The first-order chi connectivity index (χ1) is 11.1. The molecule has 3 aromatic rings. The molecule has 0 aliphatic heterocycles. The van der Waals surface area contributed by atoms with Crippen LogP contribution in [0.25, 0.3) is 11.0 Å². The van der Waals surface area contributed by atoms with E-state index >= 15 is 0 Å². The van der Waals surface area contributed by atoms with E-state index in [1.54, 1.807) is 24.3 Å². The lowest BCUT2D eigenvalue weighted by molar-refractivity contribution is 0.0672. The fourth-order valence-electron chi connectivity index (χ4n) is 2.11. The molecule has 0 amide bonds. The van der Waals surface area contributed by atoms with Crippen LogP contribution in [0.15, 0.2) is 47.7 Å². The third-order valence-electron chi connectivity index (χ3n) is 3.19. The van der Waals surface area contributed by atoms with Gasteiger partial charge >= 0.3 is 11.5 Å². The van der Waals surface area contributed by atoms with Crippen LogP contribution in [0.4, 0.5) is 0 Å². The Bertz CT molecular complexity index is 937. The number of aromatic carboxylic acids is 1. The summed E-state index contributed by atoms with van der Waals surface area (Å²) in [5.74, 6) is -2.24. The Kier molecular flexibility index (Phi) is 3.63. The van der Waals surface area contributed by atoms with Crippen molar-refractivity contribution >= 4 is 17.0 Å². The third kappa shape index (κ3) is 2.57. The van der Waals surface area contributed by atoms with E-state index in [9.17, 15) is 14.7 Å². The maximum atomic E-state index is 12.3. The monoisotopic (exact) mass is 313 g/mol. The molecule has 0 radical (unpaired) electrons. The molecular formula is C15H11N3O5. The summed E-state index contributed by atoms with van der Waals surface area (Å²) < 4.78 is 0.757. The summed E-state index contributed by atoms with van der Waals surface area (Å²) in [6.07, 6.45) is 2.38. The Balaban J connectivity index is 2.15. The largest absolute Gasteiger partial charge is 0.506 e. The van der Waals surface area contributed by atoms with Crippen molar-refractivity contribution in [3.63, 3.8) is 0 Å². The van der Waals surface area contributed by atoms with Gasteiger partial charge in [0.05, 0.1) is 5.39 Å². The van der Waals surface area contributed by atoms with E-state index in [1.807, 2.05) is 6.07 Å². The van der Waals surface area contributed by atoms with E-state index in [4.69, 9.17) is 9.94 Å². The minimum absolute atomic E-state index is 0.0107. The molecule has 1 aromatic carbocycles. The van der Waals surface area contributed by atoms with Crippen molar-refractivity contribution in [3.05, 3.63) is 64.3 Å². The van der Waals surface area contributed by atoms with E-state index in [1.165, 1.54) is 12.5 Å². The molecule has 0 aliphatic carbocycles. The van der Waals surface area contributed by atoms with Crippen molar-refractivity contribution in [1.29, 1.82) is 0 Å². The molecule has 23 heavy (non-hydrogen) atoms. The van der Waals surface area contributed by atoms with E-state index in [0.29, 0.717) is 0 Å². The summed E-state index contributed by atoms with van der Waals surface area (Å²) >= 11 is 0. The Morgan fingerprint density at radius 3 is 2.70 bits per heavy atom. The summed E-state index contributed by atoms with van der Waals surface area (Å²) in [5, 5.41) is 19.1. The molecule has 8 nitrogen and oxygen atoms in total. The van der Waals surface area contributed by atoms with Gasteiger partial charge in [0.15, 0.2) is 11.2 Å². The highest BCUT2D eigenvalue weighted by atomic mass is 16.7. The van der Waals surface area contributed by atoms with Gasteiger partial charge in [-0.25, -0.2) is 14.8 Å². The maximum Gasteiger partial charge on any atom is 0.345 e. The van der Waals surface area contributed by atoms with Gasteiger partial charge in [0.1, 0.15) is 18.7 Å². The fraction of sp³-hybridized carbons (Fsp3) is 0.0667. The maximum absolute atomic E-state index is 12.3. The summed E-state index contributed by atoms with van der Waals surface area (Å²) in [4.78, 5) is 36.6. The first-order valence-electron chi connectivity index (χ1n) is 6.58. The summed E-state index contributed by atoms with van der Waals surface area (Å²) in [7, 11) is 0. The number of hydrogen-bond acceptors (Lipinski definition) is 6. The summed E-state index contributed by atoms with van der Waals surface area (Å²) in [5.41, 5.74) is -1.02. The Morgan fingerprint density at radius 2 is 2.00 bits per heavy atom. The topological polar surface area (TPSA) is 115 Å². The number of pyridine rings is 1. The average Bonchev–Trinajstić information content (AvgIpc) is 2.55. The molecule has 0 bridgehead atoms. The van der Waals surface area contributed by atoms with Crippen molar-refractivity contribution in [2.75, 3.05) is 0 Å². The van der Waals surface area contributed by atoms with Gasteiger partial charge in [-0.05, 0) is 5.56 Å². The number of carbonyl (C=O) groups is 1. The predicted molar refractivity (Wildman–Crippen MR) is 79.1 cm³/mol. The van der Waals surface area contributed by atoms with Crippen molar-refractivity contribution in [2.45, 2.75) is 6.61 Å². The van der Waals surface area contributed by atoms with E-state index in [2.05, 4.69) is 9.97 Å². The van der Waals surface area contributed by atoms with Gasteiger partial charge < -0.3 is 15.1 Å². The molecule has 2 aromatic heterocycles. The van der Waals surface area contributed by atoms with Crippen LogP contribution >= 0.6 is 0 Å². The molecule has 0 aliphatic rings. The SMILES string of the molecule is O=C(O)c1c(O)c2cncnc2n(OCc2ccccc2)c1=O. The normalized spacial score (nSPS) is 10.6. The molecule has 0 unspecified atom stereocenters. The van der Waals surface area contributed by atoms with Gasteiger partial charge in [-0.1, -0.05) is 30.3 Å². The first kappa shape index (κ1) is 14.5. The number of fused-ring (bicyclic) bond motifs is 1. The molecular weight excluding hydrogens is 302 g/mol. The smallest absolute Gasteiger partial charge is 0.345 e. The zero-order valence-corrected chi connectivity index (χ0v) is 11.7. The van der Waals surface area contributed by atoms with Crippen molar-refractivity contribution in [1.82, 2.24) is 14.7 Å². The number of hydrogen-bond donors (Lipinski definition) is 2. The van der Waals surface area contributed by atoms with Crippen LogP contribution in [0.5, 0.6) is 5.75 Å². The summed E-state index contributed by atoms with van der Waals surface area (Å²) in [6, 6.07) is 9.03. The standard InChI is InChI=1S/C15H11N3O5/c19-12-10-6-16-8-17-13(10)18(14(20)11(12)15(21)22)23-7-9-4-2-1-3-5-9/h1-6,8,19H,7H2,(H,21,22). The van der Waals surface area contributed by atoms with Gasteiger partial charge in [-0.2, -0.15) is 0 Å². The molecule has 0 saturated heterocycles. The van der Waals surface area contributed by atoms with Crippen molar-refractivity contribution in [2.24, 2.45) is 0 Å². The second-order valence-corrected chi connectivity index (χ2v) is 4.65. The molecule has 0 atom stereocenters. The van der Waals surface area contributed by atoms with Crippen molar-refractivity contribution in [3.8, 4) is 5.75 Å². The van der Waals surface area contributed by atoms with Gasteiger partial charge in [-0.15, -0.1) is 4.73 Å². The van der Waals surface area contributed by atoms with Gasteiger partial charge in [0.25, 0.3) is 0 Å². The van der Waals surface area contributed by atoms with Crippen LogP contribution in [-0.4, -0.2) is 30.9 Å². The summed E-state index contributed by atoms with van der Waals surface area (Å²) in [6.45, 7) is 0.0314. The number of aromatic nitrogens is 3. The molecule has 2 N–H and O–H groups in total. The fourth-order valence-corrected chi connectivity index (χ4v) is 2.11. The zero-order chi connectivity index (χ0) is 16.4. The highest BCUT2D eigenvalue weighted by Crippen LogP contribution is 2.23. The molecule has 3 rings (SSSR count). The zero-order valence-electron chi connectivity index (χ0n) is 11.7. The van der Waals surface area contributed by atoms with E-state index in [0.717, 1.165) is 10.3 Å². The lowest BCUT2D eigenvalue weighted by Gasteiger charge is -2.13. The average molecular weight is 313 g/mol. The molecule has 8 heteroatoms. The van der Waals surface area contributed by atoms with Crippen LogP contribution in [0.2, 0.25) is 0 Å². The van der Waals surface area contributed by atoms with Crippen LogP contribution < -0.4 is 10.4 Å². The lowest BCUT2D eigenvalue weighted by atomic mass is 10.2. The second kappa shape index (κ2) is 5.76. The molecule has 116 valence electrons. The molecule has 0 fully saturated rings. The molecule has 0 spiro atoms. The van der Waals surface area contributed by atoms with Crippen LogP contribution in [-0.2, 0) is 6.61 Å². The first-order valence-corrected chi connectivity index (χ1v) is 6.58. The lowest BCUT2D eigenvalue weighted by Crippen LogP contribution is -2.32. The minimum atomic E-state index is -1.56. The van der Waals surface area contributed by atoms with Gasteiger partial charge in [-0.3, -0.25) is 4.79 Å². The highest BCUT2D eigenvalue weighted by molar-refractivity contribution is 5.97. The van der Waals surface area contributed by atoms with Crippen LogP contribution in [0.1, 0.15) is 15.9 Å². The highest BCUT2D eigenvalue weighted by Gasteiger charge is 2.23. The second-order valence-electron chi connectivity index (χ2n) is 4.65. The number of carboxylic acid groups (broad SMARTS) is 1. The number of aromatic hydroxyl groups is 1. The predicted octanol–water partition coefficient (Wildman–Crippen LogP) is 0.824. The number of benzene rings is 1. The van der Waals surface area contributed by atoms with Crippen LogP contribution in [0, 0.1) is 0 Å². The number of rotatable bonds is 4. The molecule has 0 saturated carbocycles. The van der Waals surface area contributed by atoms with Crippen molar-refractivity contribution < 1.29 is 19.8 Å².